The Morgan fingerprint density at radius 1 is 0.569 bits per heavy atom. The third-order valence-corrected chi connectivity index (χ3v) is 9.66. The number of nitrogens with zero attached hydrogens (tertiary/aromatic N) is 1. The number of likely N-dealkylation sites (N-methyl/N-ethyl adjacent to an activating group) is 1. The minimum atomic E-state index is -0.874. The number of rotatable bonds is 38. The number of quaternary nitrogens is 1. The molecule has 0 rings (SSSR count). The van der Waals surface area contributed by atoms with Crippen LogP contribution in [-0.2, 0) is 28.6 Å². The maximum atomic E-state index is 12.7. The molecule has 51 heavy (non-hydrogen) atoms. The number of allylic oxidation sites excluding steroid dienone is 2. The maximum Gasteiger partial charge on any atom is 0.362 e. The van der Waals surface area contributed by atoms with Crippen LogP contribution in [0, 0.1) is 0 Å². The summed E-state index contributed by atoms with van der Waals surface area (Å²) >= 11 is 0. The maximum absolute atomic E-state index is 12.7. The summed E-state index contributed by atoms with van der Waals surface area (Å²) in [6.07, 6.45) is 35.5. The van der Waals surface area contributed by atoms with Gasteiger partial charge in [-0.15, -0.1) is 0 Å². The number of carboxylic acids is 1. The van der Waals surface area contributed by atoms with E-state index in [2.05, 4.69) is 26.0 Å². The fourth-order valence-corrected chi connectivity index (χ4v) is 6.32. The van der Waals surface area contributed by atoms with Crippen LogP contribution >= 0.6 is 0 Å². The fourth-order valence-electron chi connectivity index (χ4n) is 6.32. The van der Waals surface area contributed by atoms with Crippen molar-refractivity contribution in [1.29, 1.82) is 0 Å². The van der Waals surface area contributed by atoms with Crippen LogP contribution in [0.25, 0.3) is 0 Å². The van der Waals surface area contributed by atoms with Gasteiger partial charge in [0.1, 0.15) is 6.61 Å². The van der Waals surface area contributed by atoms with E-state index >= 15 is 0 Å². The summed E-state index contributed by atoms with van der Waals surface area (Å²) in [7, 11) is 5.52. The van der Waals surface area contributed by atoms with Crippen LogP contribution in [0.5, 0.6) is 0 Å². The minimum absolute atomic E-state index is 0.0480. The zero-order chi connectivity index (χ0) is 37.8. The van der Waals surface area contributed by atoms with Gasteiger partial charge in [0, 0.05) is 19.3 Å². The van der Waals surface area contributed by atoms with Crippen LogP contribution in [0.2, 0.25) is 0 Å². The lowest BCUT2D eigenvalue weighted by molar-refractivity contribution is -0.887. The molecule has 0 fully saturated rings. The normalized spacial score (nSPS) is 13.0. The van der Waals surface area contributed by atoms with Gasteiger partial charge < -0.3 is 23.8 Å². The zero-order valence-electron chi connectivity index (χ0n) is 34.1. The molecule has 0 radical (unpaired) electrons. The van der Waals surface area contributed by atoms with Crippen LogP contribution < -0.4 is 0 Å². The number of carbonyl (C=O) groups is 3. The lowest BCUT2D eigenvalue weighted by Crippen LogP contribution is -2.50. The Balaban J connectivity index is 4.26. The van der Waals surface area contributed by atoms with Gasteiger partial charge >= 0.3 is 17.9 Å². The molecule has 0 aromatic rings. The van der Waals surface area contributed by atoms with E-state index in [1.807, 2.05) is 21.1 Å². The Hall–Kier alpha value is -1.93. The first-order chi connectivity index (χ1) is 24.6. The van der Waals surface area contributed by atoms with Crippen molar-refractivity contribution in [2.24, 2.45) is 0 Å². The number of esters is 2. The Bertz CT molecular complexity index is 854. The van der Waals surface area contributed by atoms with Gasteiger partial charge in [0.25, 0.3) is 0 Å². The second kappa shape index (κ2) is 35.1. The van der Waals surface area contributed by atoms with Gasteiger partial charge in [-0.05, 0) is 38.5 Å². The fraction of sp³-hybridized carbons (Fsp3) is 0.884. The molecule has 0 amide bonds. The number of unbranched alkanes of at least 4 members (excludes halogenated alkanes) is 22. The van der Waals surface area contributed by atoms with Crippen LogP contribution in [0.3, 0.4) is 0 Å². The Morgan fingerprint density at radius 2 is 0.980 bits per heavy atom. The standard InChI is InChI=1S/C43H81NO7/c1-6-8-10-12-14-16-17-18-19-20-21-22-23-24-25-26-28-30-32-34-42(46)51-39(37-49-36-35-40(43(47)48)44(3,4)5)38-50-41(45)33-31-29-27-15-13-11-9-7-2/h20-21,39-40H,6-19,22-38H2,1-5H3/p+1/b21-20+. The summed E-state index contributed by atoms with van der Waals surface area (Å²) in [6, 6.07) is -0.610. The van der Waals surface area contributed by atoms with Gasteiger partial charge in [-0.25, -0.2) is 4.79 Å². The molecule has 0 spiro atoms. The van der Waals surface area contributed by atoms with Crippen molar-refractivity contribution >= 4 is 17.9 Å². The monoisotopic (exact) mass is 725 g/mol. The third kappa shape index (κ3) is 33.6. The number of ether oxygens (including phenoxy) is 3. The molecule has 2 unspecified atom stereocenters. The van der Waals surface area contributed by atoms with Crippen molar-refractivity contribution in [3.63, 3.8) is 0 Å². The van der Waals surface area contributed by atoms with Crippen LogP contribution in [-0.4, -0.2) is 80.6 Å². The Labute approximate surface area is 314 Å². The van der Waals surface area contributed by atoms with E-state index in [0.717, 1.165) is 38.5 Å². The SMILES string of the molecule is CCCCCCCCCC/C=C/CCCCCCCCCC(=O)OC(COCCC(C(=O)O)[N+](C)(C)C)COC(=O)CCCCCCCCCC. The second-order valence-electron chi connectivity index (χ2n) is 15.6. The molecule has 0 saturated heterocycles. The van der Waals surface area contributed by atoms with Gasteiger partial charge in [-0.3, -0.25) is 9.59 Å². The summed E-state index contributed by atoms with van der Waals surface area (Å²) in [6.45, 7) is 4.71. The first-order valence-electron chi connectivity index (χ1n) is 21.2. The molecule has 0 aliphatic heterocycles. The predicted molar refractivity (Wildman–Crippen MR) is 211 cm³/mol. The van der Waals surface area contributed by atoms with Crippen LogP contribution in [0.15, 0.2) is 12.2 Å². The number of carbonyl (C=O) groups excluding carboxylic acids is 2. The molecular weight excluding hydrogens is 642 g/mol. The molecule has 300 valence electrons. The molecule has 0 aromatic carbocycles. The molecule has 8 nitrogen and oxygen atoms in total. The Kier molecular flexibility index (Phi) is 33.8. The third-order valence-electron chi connectivity index (χ3n) is 9.66. The molecule has 0 aliphatic carbocycles. The van der Waals surface area contributed by atoms with E-state index in [-0.39, 0.29) is 36.2 Å². The van der Waals surface area contributed by atoms with Gasteiger partial charge in [0.05, 0.1) is 34.4 Å². The highest BCUT2D eigenvalue weighted by molar-refractivity contribution is 5.72. The average molecular weight is 725 g/mol. The first kappa shape index (κ1) is 49.1. The molecular formula is C43H82NO7+. The predicted octanol–water partition coefficient (Wildman–Crippen LogP) is 11.1. The summed E-state index contributed by atoms with van der Waals surface area (Å²) in [5.74, 6) is -1.47. The molecule has 0 saturated carbocycles. The van der Waals surface area contributed by atoms with Crippen molar-refractivity contribution in [3.8, 4) is 0 Å². The van der Waals surface area contributed by atoms with Crippen molar-refractivity contribution < 1.29 is 38.2 Å². The topological polar surface area (TPSA) is 99.1 Å². The highest BCUT2D eigenvalue weighted by Crippen LogP contribution is 2.14. The highest BCUT2D eigenvalue weighted by atomic mass is 16.6. The number of hydrogen-bond acceptors (Lipinski definition) is 6. The van der Waals surface area contributed by atoms with Gasteiger partial charge in [0.2, 0.25) is 0 Å². The van der Waals surface area contributed by atoms with E-state index in [0.29, 0.717) is 19.3 Å². The molecule has 0 aromatic heterocycles. The molecule has 2 atom stereocenters. The van der Waals surface area contributed by atoms with Crippen molar-refractivity contribution in [2.75, 3.05) is 41.0 Å². The van der Waals surface area contributed by atoms with E-state index in [1.54, 1.807) is 0 Å². The van der Waals surface area contributed by atoms with Gasteiger partial charge in [0.15, 0.2) is 12.1 Å². The number of hydrogen-bond donors (Lipinski definition) is 1. The molecule has 0 aliphatic rings. The molecule has 0 heterocycles. The summed E-state index contributed by atoms with van der Waals surface area (Å²) in [5.41, 5.74) is 0. The smallest absolute Gasteiger partial charge is 0.362 e. The van der Waals surface area contributed by atoms with Crippen LogP contribution in [0.4, 0.5) is 0 Å². The number of aliphatic carboxylic acids is 1. The number of carboxylic acid groups (broad SMARTS) is 1. The lowest BCUT2D eigenvalue weighted by atomic mass is 10.1. The van der Waals surface area contributed by atoms with Crippen molar-refractivity contribution in [2.45, 2.75) is 206 Å². The first-order valence-corrected chi connectivity index (χ1v) is 21.2. The van der Waals surface area contributed by atoms with Gasteiger partial charge in [-0.1, -0.05) is 148 Å². The molecule has 0 bridgehead atoms. The largest absolute Gasteiger partial charge is 0.477 e. The zero-order valence-corrected chi connectivity index (χ0v) is 34.1. The average Bonchev–Trinajstić information content (AvgIpc) is 3.08. The summed E-state index contributed by atoms with van der Waals surface area (Å²) < 4.78 is 17.2. The van der Waals surface area contributed by atoms with E-state index in [1.165, 1.54) is 122 Å². The quantitative estimate of drug-likeness (QED) is 0.0293. The Morgan fingerprint density at radius 3 is 1.41 bits per heavy atom. The van der Waals surface area contributed by atoms with E-state index < -0.39 is 18.1 Å². The van der Waals surface area contributed by atoms with Crippen molar-refractivity contribution in [3.05, 3.63) is 12.2 Å². The second-order valence-corrected chi connectivity index (χ2v) is 15.6. The lowest BCUT2D eigenvalue weighted by Gasteiger charge is -2.31. The van der Waals surface area contributed by atoms with Crippen LogP contribution in [0.1, 0.15) is 194 Å². The van der Waals surface area contributed by atoms with Gasteiger partial charge in [-0.2, -0.15) is 0 Å². The van der Waals surface area contributed by atoms with E-state index in [9.17, 15) is 19.5 Å². The molecule has 1 N–H and O–H groups in total. The van der Waals surface area contributed by atoms with Crippen molar-refractivity contribution in [1.82, 2.24) is 0 Å². The minimum Gasteiger partial charge on any atom is -0.477 e. The highest BCUT2D eigenvalue weighted by Gasteiger charge is 2.31. The van der Waals surface area contributed by atoms with E-state index in [4.69, 9.17) is 14.2 Å². The summed E-state index contributed by atoms with van der Waals surface area (Å²) in [4.78, 5) is 36.8. The summed E-state index contributed by atoms with van der Waals surface area (Å²) in [5, 5.41) is 9.59. The molecule has 8 heteroatoms.